The van der Waals surface area contributed by atoms with E-state index >= 15 is 0 Å². The summed E-state index contributed by atoms with van der Waals surface area (Å²) in [5, 5.41) is 2.18. The molecule has 0 rings (SSSR count). The van der Waals surface area contributed by atoms with Crippen LogP contribution in [0.15, 0.2) is 0 Å². The average molecular weight is 792 g/mol. The van der Waals surface area contributed by atoms with Crippen molar-refractivity contribution in [2.75, 3.05) is 51.3 Å². The van der Waals surface area contributed by atoms with E-state index in [-0.39, 0.29) is 78.0 Å². The Bertz CT molecular complexity index is 337. The van der Waals surface area contributed by atoms with Gasteiger partial charge in [0.2, 0.25) is 0 Å². The molecular formula is C24H56AuIP4. The van der Waals surface area contributed by atoms with Gasteiger partial charge in [-0.05, 0) is 71.9 Å². The van der Waals surface area contributed by atoms with Crippen molar-refractivity contribution in [3.05, 3.63) is 0 Å². The van der Waals surface area contributed by atoms with E-state index < -0.39 is 0 Å². The monoisotopic (exact) mass is 792 g/mol. The van der Waals surface area contributed by atoms with Gasteiger partial charge in [0, 0.05) is 0 Å². The molecule has 30 heavy (non-hydrogen) atoms. The van der Waals surface area contributed by atoms with Crippen LogP contribution in [-0.4, -0.2) is 71.9 Å². The minimum absolute atomic E-state index is 0. The topological polar surface area (TPSA) is 0 Å². The molecule has 0 aliphatic heterocycles. The van der Waals surface area contributed by atoms with Crippen molar-refractivity contribution >= 4 is 31.7 Å². The molecule has 4 atom stereocenters. The zero-order chi connectivity index (χ0) is 23.1. The average Bonchev–Trinajstić information content (AvgIpc) is 2.45. The van der Waals surface area contributed by atoms with Crippen molar-refractivity contribution in [1.29, 1.82) is 0 Å². The molecule has 0 aromatic rings. The first-order chi connectivity index (χ1) is 12.1. The molecule has 0 heterocycles. The zero-order valence-electron chi connectivity index (χ0n) is 23.3. The molecule has 0 radical (unpaired) electrons. The Morgan fingerprint density at radius 2 is 0.467 bits per heavy atom. The summed E-state index contributed by atoms with van der Waals surface area (Å²) < 4.78 is 0. The van der Waals surface area contributed by atoms with Crippen LogP contribution in [0.1, 0.15) is 83.1 Å². The minimum Gasteiger partial charge on any atom is -1.00 e. The Balaban J connectivity index is -0.000000211. The van der Waals surface area contributed by atoms with Gasteiger partial charge in [0.05, 0.1) is 0 Å². The summed E-state index contributed by atoms with van der Waals surface area (Å²) in [4.78, 5) is 0. The molecule has 0 nitrogen and oxygen atoms in total. The van der Waals surface area contributed by atoms with Crippen LogP contribution in [0.5, 0.6) is 0 Å². The number of hydrogen-bond acceptors (Lipinski definition) is 0. The first kappa shape index (κ1) is 40.4. The molecule has 0 amide bonds. The first-order valence-electron chi connectivity index (χ1n) is 10.9. The summed E-state index contributed by atoms with van der Waals surface area (Å²) in [6.45, 7) is 38.4. The van der Waals surface area contributed by atoms with Crippen LogP contribution >= 0.6 is 31.7 Å². The molecule has 0 aliphatic rings. The molecule has 0 aromatic heterocycles. The molecular weight excluding hydrogens is 736 g/mol. The summed E-state index contributed by atoms with van der Waals surface area (Å²) in [6.07, 6.45) is 5.83. The molecule has 0 saturated carbocycles. The van der Waals surface area contributed by atoms with Crippen molar-refractivity contribution in [3.8, 4) is 0 Å². The summed E-state index contributed by atoms with van der Waals surface area (Å²) in [5.74, 6) is 0. The van der Waals surface area contributed by atoms with Crippen LogP contribution in [0.25, 0.3) is 0 Å². The fourth-order valence-electron chi connectivity index (χ4n) is 1.94. The quantitative estimate of drug-likeness (QED) is 0.162. The van der Waals surface area contributed by atoms with Crippen LogP contribution in [-0.2, 0) is 22.4 Å². The van der Waals surface area contributed by atoms with Crippen molar-refractivity contribution in [3.63, 3.8) is 0 Å². The normalized spacial score (nSPS) is 16.8. The Morgan fingerprint density at radius 1 is 0.367 bits per heavy atom. The van der Waals surface area contributed by atoms with Crippen LogP contribution in [0.3, 0.4) is 0 Å². The predicted octanol–water partition coefficient (Wildman–Crippen LogP) is 6.62. The van der Waals surface area contributed by atoms with E-state index in [0.717, 1.165) is 0 Å². The third-order valence-electron chi connectivity index (χ3n) is 6.12. The van der Waals surface area contributed by atoms with E-state index in [1.54, 1.807) is 0 Å². The van der Waals surface area contributed by atoms with Gasteiger partial charge in [-0.15, -0.1) is 31.7 Å². The van der Waals surface area contributed by atoms with Gasteiger partial charge in [0.25, 0.3) is 0 Å². The van der Waals surface area contributed by atoms with E-state index in [1.807, 2.05) is 0 Å². The molecule has 0 aliphatic carbocycles. The number of halogens is 1. The number of rotatable bonds is 6. The first-order valence-corrected chi connectivity index (χ1v) is 18.8. The van der Waals surface area contributed by atoms with Crippen LogP contribution in [0.4, 0.5) is 0 Å². The molecule has 190 valence electrons. The van der Waals surface area contributed by atoms with E-state index in [4.69, 9.17) is 0 Å². The molecule has 0 saturated heterocycles. The van der Waals surface area contributed by atoms with Crippen molar-refractivity contribution in [1.82, 2.24) is 0 Å². The predicted molar refractivity (Wildman–Crippen MR) is 150 cm³/mol. The van der Waals surface area contributed by atoms with Crippen molar-refractivity contribution < 1.29 is 46.4 Å². The molecule has 4 unspecified atom stereocenters. The van der Waals surface area contributed by atoms with Gasteiger partial charge >= 0.3 is 22.4 Å². The number of hydrogen-bond donors (Lipinski definition) is 0. The molecule has 0 aromatic carbocycles. The molecule has 0 bridgehead atoms. The Kier molecular flexibility index (Phi) is 22.6. The maximum Gasteiger partial charge on any atom is 1.00 e. The Hall–Kier alpha value is 3.19. The smallest absolute Gasteiger partial charge is 1.00 e. The molecule has 0 fully saturated rings. The molecule has 0 spiro atoms. The van der Waals surface area contributed by atoms with Gasteiger partial charge in [-0.3, -0.25) is 0 Å². The van der Waals surface area contributed by atoms with Gasteiger partial charge in [-0.1, -0.05) is 83.1 Å². The van der Waals surface area contributed by atoms with Crippen molar-refractivity contribution in [2.45, 2.75) is 104 Å². The maximum atomic E-state index is 2.46. The summed E-state index contributed by atoms with van der Waals surface area (Å²) >= 11 is 0. The molecule has 6 heteroatoms. The second kappa shape index (κ2) is 16.8. The van der Waals surface area contributed by atoms with Crippen LogP contribution in [0.2, 0.25) is 0 Å². The van der Waals surface area contributed by atoms with E-state index in [0.29, 0.717) is 20.6 Å². The largest absolute Gasteiger partial charge is 1.00 e. The Morgan fingerprint density at radius 3 is 0.533 bits per heavy atom. The second-order valence-corrected chi connectivity index (χ2v) is 25.1. The van der Waals surface area contributed by atoms with Gasteiger partial charge in [0.1, 0.15) is 0 Å². The third-order valence-corrected chi connectivity index (χ3v) is 19.6. The maximum absolute atomic E-state index is 2.46. The van der Waals surface area contributed by atoms with Gasteiger partial charge in [0.15, 0.2) is 0 Å². The summed E-state index contributed by atoms with van der Waals surface area (Å²) in [7, 11) is 0.860. The summed E-state index contributed by atoms with van der Waals surface area (Å²) in [5.41, 5.74) is 0. The van der Waals surface area contributed by atoms with Gasteiger partial charge in [-0.2, -0.15) is 0 Å². The minimum atomic E-state index is 0. The van der Waals surface area contributed by atoms with Gasteiger partial charge in [-0.25, -0.2) is 0 Å². The second-order valence-electron chi connectivity index (χ2n) is 12.4. The van der Waals surface area contributed by atoms with E-state index in [9.17, 15) is 0 Å². The summed E-state index contributed by atoms with van der Waals surface area (Å²) in [6, 6.07) is 0. The third kappa shape index (κ3) is 20.6. The van der Waals surface area contributed by atoms with Crippen molar-refractivity contribution in [2.24, 2.45) is 0 Å². The van der Waals surface area contributed by atoms with Crippen LogP contribution < -0.4 is 24.0 Å². The molecule has 0 N–H and O–H groups in total. The fourth-order valence-corrected chi connectivity index (χ4v) is 9.42. The SMILES string of the molecule is CP(CCP(C)C(C)(C)C)C(C)(C)C.CP(CCP(C)C(C)(C)C)C(C)(C)C.[Au+].[I-]. The van der Waals surface area contributed by atoms with E-state index in [1.165, 1.54) is 24.6 Å². The van der Waals surface area contributed by atoms with Gasteiger partial charge < -0.3 is 24.0 Å². The van der Waals surface area contributed by atoms with E-state index in [2.05, 4.69) is 110 Å². The zero-order valence-corrected chi connectivity index (χ0v) is 31.2. The standard InChI is InChI=1S/2C12H28P2.Au.HI/c2*1-11(2,3)13(7)9-10-14(8)12(4,5)6;;/h2*9-10H2,1-8H3;;1H/q;;+1;/p-1. The van der Waals surface area contributed by atoms with Crippen LogP contribution in [0, 0.1) is 0 Å². The fraction of sp³-hybridized carbons (Fsp3) is 1.00. The Labute approximate surface area is 231 Å².